The van der Waals surface area contributed by atoms with Crippen LogP contribution in [-0.2, 0) is 9.59 Å². The van der Waals surface area contributed by atoms with E-state index in [1.807, 2.05) is 13.8 Å². The predicted molar refractivity (Wildman–Crippen MR) is 62.9 cm³/mol. The second-order valence-electron chi connectivity index (χ2n) is 4.54. The highest BCUT2D eigenvalue weighted by atomic mass is 16.2. The van der Waals surface area contributed by atoms with E-state index in [9.17, 15) is 9.59 Å². The van der Waals surface area contributed by atoms with Crippen molar-refractivity contribution in [3.8, 4) is 0 Å². The number of hydrogen-bond acceptors (Lipinski definition) is 2. The van der Waals surface area contributed by atoms with Gasteiger partial charge in [0.2, 0.25) is 11.8 Å². The summed E-state index contributed by atoms with van der Waals surface area (Å²) in [5, 5.41) is 2.79. The highest BCUT2D eigenvalue weighted by Crippen LogP contribution is 2.14. The van der Waals surface area contributed by atoms with E-state index in [1.165, 1.54) is 0 Å². The van der Waals surface area contributed by atoms with E-state index in [0.717, 1.165) is 19.3 Å². The number of carbonyl (C=O) groups excluding carboxylic acids is 2. The highest BCUT2D eigenvalue weighted by Gasteiger charge is 2.34. The van der Waals surface area contributed by atoms with Gasteiger partial charge < -0.3 is 10.2 Å². The maximum absolute atomic E-state index is 12.1. The molecule has 2 amide bonds. The molecule has 4 heteroatoms. The first-order chi connectivity index (χ1) is 7.60. The van der Waals surface area contributed by atoms with Gasteiger partial charge in [0.25, 0.3) is 0 Å². The van der Waals surface area contributed by atoms with Crippen LogP contribution in [0.15, 0.2) is 0 Å². The SMILES string of the molecule is CCCCN1CC(=O)NC(C(C)CC)C1=O. The fourth-order valence-electron chi connectivity index (χ4n) is 1.89. The largest absolute Gasteiger partial charge is 0.342 e. The molecule has 0 aromatic carbocycles. The van der Waals surface area contributed by atoms with E-state index in [-0.39, 0.29) is 30.3 Å². The minimum atomic E-state index is -0.317. The fraction of sp³-hybridized carbons (Fsp3) is 0.833. The molecule has 1 aliphatic rings. The number of hydrogen-bond donors (Lipinski definition) is 1. The van der Waals surface area contributed by atoms with Crippen molar-refractivity contribution < 1.29 is 9.59 Å². The number of nitrogens with one attached hydrogen (secondary N) is 1. The minimum Gasteiger partial charge on any atom is -0.342 e. The Bertz CT molecular complexity index is 266. The lowest BCUT2D eigenvalue weighted by molar-refractivity contribution is -0.145. The van der Waals surface area contributed by atoms with Crippen molar-refractivity contribution in [2.75, 3.05) is 13.1 Å². The summed E-state index contributed by atoms with van der Waals surface area (Å²) in [6.45, 7) is 7.06. The van der Waals surface area contributed by atoms with Crippen molar-refractivity contribution in [3.63, 3.8) is 0 Å². The first-order valence-electron chi connectivity index (χ1n) is 6.18. The van der Waals surface area contributed by atoms with Crippen molar-refractivity contribution in [2.45, 2.75) is 46.1 Å². The van der Waals surface area contributed by atoms with Crippen LogP contribution in [0.25, 0.3) is 0 Å². The van der Waals surface area contributed by atoms with Crippen LogP contribution in [0.4, 0.5) is 0 Å². The lowest BCUT2D eigenvalue weighted by Crippen LogP contribution is -2.60. The Kier molecular flexibility index (Phi) is 4.77. The summed E-state index contributed by atoms with van der Waals surface area (Å²) < 4.78 is 0. The molecule has 16 heavy (non-hydrogen) atoms. The van der Waals surface area contributed by atoms with Gasteiger partial charge in [-0.1, -0.05) is 33.6 Å². The molecule has 4 nitrogen and oxygen atoms in total. The molecule has 1 heterocycles. The van der Waals surface area contributed by atoms with Gasteiger partial charge >= 0.3 is 0 Å². The minimum absolute atomic E-state index is 0.0268. The van der Waals surface area contributed by atoms with Gasteiger partial charge in [-0.2, -0.15) is 0 Å². The van der Waals surface area contributed by atoms with Crippen LogP contribution in [0.5, 0.6) is 0 Å². The molecule has 1 fully saturated rings. The molecular weight excluding hydrogens is 204 g/mol. The zero-order valence-electron chi connectivity index (χ0n) is 10.5. The van der Waals surface area contributed by atoms with Gasteiger partial charge in [0, 0.05) is 6.54 Å². The second kappa shape index (κ2) is 5.87. The average molecular weight is 226 g/mol. The zero-order chi connectivity index (χ0) is 12.1. The van der Waals surface area contributed by atoms with Crippen LogP contribution in [-0.4, -0.2) is 35.8 Å². The summed E-state index contributed by atoms with van der Waals surface area (Å²) in [5.41, 5.74) is 0. The van der Waals surface area contributed by atoms with E-state index >= 15 is 0 Å². The molecule has 0 aromatic heterocycles. The molecule has 1 aliphatic heterocycles. The molecule has 1 N–H and O–H groups in total. The van der Waals surface area contributed by atoms with Gasteiger partial charge in [0.15, 0.2) is 0 Å². The van der Waals surface area contributed by atoms with E-state index < -0.39 is 0 Å². The lowest BCUT2D eigenvalue weighted by Gasteiger charge is -2.35. The van der Waals surface area contributed by atoms with Crippen LogP contribution in [0.2, 0.25) is 0 Å². The third-order valence-corrected chi connectivity index (χ3v) is 3.22. The Morgan fingerprint density at radius 1 is 1.44 bits per heavy atom. The van der Waals surface area contributed by atoms with Crippen molar-refractivity contribution in [2.24, 2.45) is 5.92 Å². The molecule has 2 unspecified atom stereocenters. The summed E-state index contributed by atoms with van der Waals surface area (Å²) in [6, 6.07) is -0.317. The van der Waals surface area contributed by atoms with Crippen LogP contribution in [0, 0.1) is 5.92 Å². The second-order valence-corrected chi connectivity index (χ2v) is 4.54. The number of carbonyl (C=O) groups is 2. The highest BCUT2D eigenvalue weighted by molar-refractivity contribution is 5.94. The zero-order valence-corrected chi connectivity index (χ0v) is 10.5. The molecule has 92 valence electrons. The maximum Gasteiger partial charge on any atom is 0.245 e. The van der Waals surface area contributed by atoms with Crippen molar-refractivity contribution >= 4 is 11.8 Å². The molecule has 0 bridgehead atoms. The average Bonchev–Trinajstić information content (AvgIpc) is 2.28. The van der Waals surface area contributed by atoms with Gasteiger partial charge in [0.1, 0.15) is 6.04 Å². The molecule has 0 aliphatic carbocycles. The topological polar surface area (TPSA) is 49.4 Å². The maximum atomic E-state index is 12.1. The molecule has 1 rings (SSSR count). The number of piperazine rings is 1. The number of amides is 2. The predicted octanol–water partition coefficient (Wildman–Crippen LogP) is 1.16. The summed E-state index contributed by atoms with van der Waals surface area (Å²) in [7, 11) is 0. The van der Waals surface area contributed by atoms with Crippen molar-refractivity contribution in [1.82, 2.24) is 10.2 Å². The first kappa shape index (κ1) is 13.0. The summed E-state index contributed by atoms with van der Waals surface area (Å²) >= 11 is 0. The van der Waals surface area contributed by atoms with Crippen LogP contribution >= 0.6 is 0 Å². The van der Waals surface area contributed by atoms with Crippen LogP contribution < -0.4 is 5.32 Å². The Morgan fingerprint density at radius 2 is 2.12 bits per heavy atom. The first-order valence-corrected chi connectivity index (χ1v) is 6.18. The van der Waals surface area contributed by atoms with E-state index in [0.29, 0.717) is 6.54 Å². The van der Waals surface area contributed by atoms with Crippen molar-refractivity contribution in [3.05, 3.63) is 0 Å². The molecule has 1 saturated heterocycles. The molecule has 0 saturated carbocycles. The Balaban J connectivity index is 2.66. The number of nitrogens with zero attached hydrogens (tertiary/aromatic N) is 1. The number of rotatable bonds is 5. The van der Waals surface area contributed by atoms with Gasteiger partial charge in [-0.15, -0.1) is 0 Å². The summed E-state index contributed by atoms with van der Waals surface area (Å²) in [4.78, 5) is 25.3. The van der Waals surface area contributed by atoms with Crippen LogP contribution in [0.3, 0.4) is 0 Å². The molecule has 0 spiro atoms. The summed E-state index contributed by atoms with van der Waals surface area (Å²) in [5.74, 6) is 0.268. The third-order valence-electron chi connectivity index (χ3n) is 3.22. The lowest BCUT2D eigenvalue weighted by atomic mass is 9.96. The van der Waals surface area contributed by atoms with Gasteiger partial charge in [-0.05, 0) is 12.3 Å². The van der Waals surface area contributed by atoms with Gasteiger partial charge in [-0.25, -0.2) is 0 Å². The monoisotopic (exact) mass is 226 g/mol. The number of unbranched alkanes of at least 4 members (excludes halogenated alkanes) is 1. The fourth-order valence-corrected chi connectivity index (χ4v) is 1.89. The molecule has 0 aromatic rings. The van der Waals surface area contributed by atoms with Crippen molar-refractivity contribution in [1.29, 1.82) is 0 Å². The van der Waals surface area contributed by atoms with E-state index in [1.54, 1.807) is 4.90 Å². The standard InChI is InChI=1S/C12H22N2O2/c1-4-6-7-14-8-10(15)13-11(12(14)16)9(3)5-2/h9,11H,4-8H2,1-3H3,(H,13,15). The smallest absolute Gasteiger partial charge is 0.245 e. The third kappa shape index (κ3) is 2.97. The molecular formula is C12H22N2O2. The normalized spacial score (nSPS) is 23.2. The Morgan fingerprint density at radius 3 is 2.69 bits per heavy atom. The molecule has 2 atom stereocenters. The Labute approximate surface area is 97.4 Å². The van der Waals surface area contributed by atoms with E-state index in [2.05, 4.69) is 12.2 Å². The van der Waals surface area contributed by atoms with Crippen LogP contribution in [0.1, 0.15) is 40.0 Å². The molecule has 0 radical (unpaired) electrons. The quantitative estimate of drug-likeness (QED) is 0.764. The summed E-state index contributed by atoms with van der Waals surface area (Å²) in [6.07, 6.45) is 2.91. The Hall–Kier alpha value is -1.06. The van der Waals surface area contributed by atoms with Gasteiger partial charge in [-0.3, -0.25) is 9.59 Å². The van der Waals surface area contributed by atoms with Gasteiger partial charge in [0.05, 0.1) is 6.54 Å². The van der Waals surface area contributed by atoms with E-state index in [4.69, 9.17) is 0 Å².